The second-order valence-electron chi connectivity index (χ2n) is 7.74. The van der Waals surface area contributed by atoms with Gasteiger partial charge in [0.05, 0.1) is 5.41 Å². The van der Waals surface area contributed by atoms with Crippen LogP contribution in [0, 0.1) is 12.3 Å². The molecule has 1 aromatic rings. The summed E-state index contributed by atoms with van der Waals surface area (Å²) in [7, 11) is 0. The number of rotatable bonds is 3. The number of carbonyl (C=O) groups excluding carboxylic acids is 2. The van der Waals surface area contributed by atoms with Gasteiger partial charge in [-0.05, 0) is 40.0 Å². The number of likely N-dealkylation sites (tertiary alicyclic amines) is 2. The highest BCUT2D eigenvalue weighted by Crippen LogP contribution is 2.40. The zero-order valence-corrected chi connectivity index (χ0v) is 15.6. The number of hydrogen-bond donors (Lipinski definition) is 1. The van der Waals surface area contributed by atoms with Gasteiger partial charge in [-0.2, -0.15) is 0 Å². The van der Waals surface area contributed by atoms with E-state index in [1.165, 1.54) is 10.8 Å². The van der Waals surface area contributed by atoms with E-state index in [9.17, 15) is 19.2 Å². The van der Waals surface area contributed by atoms with Gasteiger partial charge in [-0.1, -0.05) is 0 Å². The van der Waals surface area contributed by atoms with Crippen molar-refractivity contribution in [2.75, 3.05) is 19.6 Å². The number of hydrogen-bond acceptors (Lipinski definition) is 4. The Bertz CT molecular complexity index is 840. The van der Waals surface area contributed by atoms with Gasteiger partial charge in [-0.15, -0.1) is 0 Å². The van der Waals surface area contributed by atoms with E-state index in [2.05, 4.69) is 4.98 Å². The molecular formula is C18H26N4O4. The van der Waals surface area contributed by atoms with Crippen molar-refractivity contribution >= 4 is 11.8 Å². The molecule has 3 heterocycles. The van der Waals surface area contributed by atoms with E-state index < -0.39 is 16.7 Å². The molecule has 2 aliphatic rings. The summed E-state index contributed by atoms with van der Waals surface area (Å²) in [6.45, 7) is 7.19. The zero-order chi connectivity index (χ0) is 19.1. The SMILES string of the molecule is Cc1cn(CC(=O)N2CCC3(CCCN(C(C)C)C3=O)C2)c(=O)[nH]c1=O. The van der Waals surface area contributed by atoms with Crippen LogP contribution in [-0.2, 0) is 16.1 Å². The smallest absolute Gasteiger partial charge is 0.328 e. The highest BCUT2D eigenvalue weighted by atomic mass is 16.2. The van der Waals surface area contributed by atoms with Crippen molar-refractivity contribution < 1.29 is 9.59 Å². The van der Waals surface area contributed by atoms with Crippen molar-refractivity contribution in [1.29, 1.82) is 0 Å². The first kappa shape index (κ1) is 18.4. The van der Waals surface area contributed by atoms with E-state index in [1.807, 2.05) is 18.7 Å². The second-order valence-corrected chi connectivity index (χ2v) is 7.74. The minimum absolute atomic E-state index is 0.130. The van der Waals surface area contributed by atoms with Gasteiger partial charge in [0.15, 0.2) is 0 Å². The Morgan fingerprint density at radius 2 is 1.96 bits per heavy atom. The van der Waals surface area contributed by atoms with E-state index in [1.54, 1.807) is 11.8 Å². The molecule has 1 spiro atoms. The summed E-state index contributed by atoms with van der Waals surface area (Å²) in [6.07, 6.45) is 3.82. The quantitative estimate of drug-likeness (QED) is 0.825. The van der Waals surface area contributed by atoms with Crippen LogP contribution in [0.2, 0.25) is 0 Å². The van der Waals surface area contributed by atoms with Crippen molar-refractivity contribution in [3.05, 3.63) is 32.6 Å². The molecule has 0 aliphatic carbocycles. The molecule has 3 rings (SSSR count). The maximum Gasteiger partial charge on any atom is 0.328 e. The fourth-order valence-electron chi connectivity index (χ4n) is 4.04. The van der Waals surface area contributed by atoms with Gasteiger partial charge in [0.1, 0.15) is 6.54 Å². The average Bonchev–Trinajstić information content (AvgIpc) is 3.00. The van der Waals surface area contributed by atoms with Gasteiger partial charge < -0.3 is 9.80 Å². The fourth-order valence-corrected chi connectivity index (χ4v) is 4.04. The molecule has 0 aromatic carbocycles. The van der Waals surface area contributed by atoms with Gasteiger partial charge in [-0.3, -0.25) is 23.9 Å². The van der Waals surface area contributed by atoms with Crippen LogP contribution in [0.3, 0.4) is 0 Å². The van der Waals surface area contributed by atoms with E-state index in [0.717, 1.165) is 19.4 Å². The Morgan fingerprint density at radius 3 is 2.65 bits per heavy atom. The summed E-state index contributed by atoms with van der Waals surface area (Å²) in [4.78, 5) is 54.7. The Morgan fingerprint density at radius 1 is 1.23 bits per heavy atom. The lowest BCUT2D eigenvalue weighted by Gasteiger charge is -2.41. The third kappa shape index (κ3) is 3.20. The van der Waals surface area contributed by atoms with E-state index >= 15 is 0 Å². The van der Waals surface area contributed by atoms with Crippen LogP contribution in [0.1, 0.15) is 38.7 Å². The topological polar surface area (TPSA) is 95.5 Å². The minimum Gasteiger partial charge on any atom is -0.340 e. The maximum atomic E-state index is 12.9. The van der Waals surface area contributed by atoms with Crippen molar-refractivity contribution in [1.82, 2.24) is 19.4 Å². The summed E-state index contributed by atoms with van der Waals surface area (Å²) in [6, 6.07) is 0.159. The van der Waals surface area contributed by atoms with Crippen LogP contribution in [0.25, 0.3) is 0 Å². The Balaban J connectivity index is 1.73. The van der Waals surface area contributed by atoms with E-state index in [4.69, 9.17) is 0 Å². The molecule has 2 amide bonds. The van der Waals surface area contributed by atoms with Crippen LogP contribution in [-0.4, -0.2) is 56.8 Å². The average molecular weight is 362 g/mol. The number of piperidine rings is 1. The summed E-state index contributed by atoms with van der Waals surface area (Å²) in [5.41, 5.74) is -1.14. The number of H-pyrrole nitrogens is 1. The number of aryl methyl sites for hydroxylation is 1. The highest BCUT2D eigenvalue weighted by molar-refractivity contribution is 5.86. The molecule has 1 N–H and O–H groups in total. The first-order chi connectivity index (χ1) is 12.2. The molecule has 8 heteroatoms. The van der Waals surface area contributed by atoms with Crippen LogP contribution < -0.4 is 11.2 Å². The van der Waals surface area contributed by atoms with Crippen LogP contribution >= 0.6 is 0 Å². The predicted octanol–water partition coefficient (Wildman–Crippen LogP) is 0.0945. The zero-order valence-electron chi connectivity index (χ0n) is 15.6. The van der Waals surface area contributed by atoms with Crippen molar-refractivity contribution in [2.45, 2.75) is 52.6 Å². The molecule has 26 heavy (non-hydrogen) atoms. The number of amides is 2. The molecule has 0 radical (unpaired) electrons. The van der Waals surface area contributed by atoms with Crippen molar-refractivity contribution in [3.63, 3.8) is 0 Å². The molecule has 1 unspecified atom stereocenters. The number of carbonyl (C=O) groups is 2. The number of aromatic nitrogens is 2. The van der Waals surface area contributed by atoms with Crippen molar-refractivity contribution in [2.24, 2.45) is 5.41 Å². The van der Waals surface area contributed by atoms with Gasteiger partial charge in [0, 0.05) is 37.4 Å². The Hall–Kier alpha value is -2.38. The van der Waals surface area contributed by atoms with Gasteiger partial charge in [-0.25, -0.2) is 4.79 Å². The van der Waals surface area contributed by atoms with Gasteiger partial charge >= 0.3 is 5.69 Å². The van der Waals surface area contributed by atoms with Gasteiger partial charge in [0.2, 0.25) is 11.8 Å². The predicted molar refractivity (Wildman–Crippen MR) is 95.8 cm³/mol. The van der Waals surface area contributed by atoms with Crippen LogP contribution in [0.4, 0.5) is 0 Å². The van der Waals surface area contributed by atoms with E-state index in [-0.39, 0.29) is 24.4 Å². The minimum atomic E-state index is -0.595. The molecule has 1 aromatic heterocycles. The number of nitrogens with zero attached hydrogens (tertiary/aromatic N) is 3. The lowest BCUT2D eigenvalue weighted by atomic mass is 9.78. The molecule has 1 atom stereocenters. The molecule has 8 nitrogen and oxygen atoms in total. The lowest BCUT2D eigenvalue weighted by Crippen LogP contribution is -2.52. The van der Waals surface area contributed by atoms with Crippen LogP contribution in [0.15, 0.2) is 15.8 Å². The lowest BCUT2D eigenvalue weighted by molar-refractivity contribution is -0.148. The third-order valence-electron chi connectivity index (χ3n) is 5.59. The van der Waals surface area contributed by atoms with E-state index in [0.29, 0.717) is 25.1 Å². The van der Waals surface area contributed by atoms with Crippen molar-refractivity contribution in [3.8, 4) is 0 Å². The molecule has 0 saturated carbocycles. The Labute approximate surface area is 151 Å². The fraction of sp³-hybridized carbons (Fsp3) is 0.667. The number of nitrogens with one attached hydrogen (secondary N) is 1. The monoisotopic (exact) mass is 362 g/mol. The van der Waals surface area contributed by atoms with Crippen LogP contribution in [0.5, 0.6) is 0 Å². The third-order valence-corrected chi connectivity index (χ3v) is 5.59. The molecule has 0 bridgehead atoms. The highest BCUT2D eigenvalue weighted by Gasteiger charge is 2.49. The molecule has 142 valence electrons. The standard InChI is InChI=1S/C18H26N4O4/c1-12(2)22-7-4-5-18(16(22)25)6-8-20(11-18)14(23)10-21-9-13(3)15(24)19-17(21)26/h9,12H,4-8,10-11H2,1-3H3,(H,19,24,26). The Kier molecular flexibility index (Phi) is 4.77. The molecule has 2 fully saturated rings. The first-order valence-electron chi connectivity index (χ1n) is 9.13. The molecule has 2 saturated heterocycles. The number of aromatic amines is 1. The summed E-state index contributed by atoms with van der Waals surface area (Å²) < 4.78 is 1.22. The maximum absolute atomic E-state index is 12.9. The van der Waals surface area contributed by atoms with Gasteiger partial charge in [0.25, 0.3) is 5.56 Å². The summed E-state index contributed by atoms with van der Waals surface area (Å²) >= 11 is 0. The molecule has 2 aliphatic heterocycles. The summed E-state index contributed by atoms with van der Waals surface area (Å²) in [5, 5.41) is 0. The molecular weight excluding hydrogens is 336 g/mol. The largest absolute Gasteiger partial charge is 0.340 e. The first-order valence-corrected chi connectivity index (χ1v) is 9.13. The summed E-state index contributed by atoms with van der Waals surface area (Å²) in [5.74, 6) is -0.0593. The normalized spacial score (nSPS) is 23.3. The second kappa shape index (κ2) is 6.74.